The van der Waals surface area contributed by atoms with Gasteiger partial charge in [-0.15, -0.1) is 0 Å². The maximum Gasteiger partial charge on any atom is 0.255 e. The number of nitrogens with one attached hydrogen (secondary N) is 2. The van der Waals surface area contributed by atoms with E-state index in [1.165, 1.54) is 12.1 Å². The average molecular weight is 548 g/mol. The molecule has 1 aromatic heterocycles. The molecule has 2 unspecified atom stereocenters. The molecule has 3 aromatic carbocycles. The lowest BCUT2D eigenvalue weighted by Crippen LogP contribution is -2.47. The molecule has 184 valence electrons. The van der Waals surface area contributed by atoms with Gasteiger partial charge >= 0.3 is 0 Å². The molecule has 0 saturated heterocycles. The quantitative estimate of drug-likeness (QED) is 0.273. The van der Waals surface area contributed by atoms with E-state index in [1.54, 1.807) is 11.0 Å². The Morgan fingerprint density at radius 3 is 2.58 bits per heavy atom. The molecule has 0 aliphatic carbocycles. The van der Waals surface area contributed by atoms with Crippen LogP contribution in [0, 0.1) is 18.7 Å². The maximum absolute atomic E-state index is 14.6. The largest absolute Gasteiger partial charge is 0.358 e. The molecule has 5 nitrogen and oxygen atoms in total. The Labute approximate surface area is 217 Å². The molecule has 1 aliphatic rings. The summed E-state index contributed by atoms with van der Waals surface area (Å²) in [5, 5.41) is 3.76. The van der Waals surface area contributed by atoms with Crippen molar-refractivity contribution < 1.29 is 14.0 Å². The summed E-state index contributed by atoms with van der Waals surface area (Å²) in [5.41, 5.74) is 4.43. The van der Waals surface area contributed by atoms with Crippen LogP contribution in [0.4, 0.5) is 10.1 Å². The number of halogens is 2. The molecule has 0 spiro atoms. The zero-order chi connectivity index (χ0) is 25.6. The molecular weight excluding hydrogens is 521 g/mol. The first-order valence-corrected chi connectivity index (χ1v) is 12.8. The first-order chi connectivity index (χ1) is 17.3. The van der Waals surface area contributed by atoms with E-state index in [0.29, 0.717) is 16.5 Å². The third-order valence-corrected chi connectivity index (χ3v) is 7.23. The number of amides is 2. The fourth-order valence-corrected chi connectivity index (χ4v) is 5.54. The lowest BCUT2D eigenvalue weighted by molar-refractivity contribution is -0.121. The molecule has 36 heavy (non-hydrogen) atoms. The van der Waals surface area contributed by atoms with Crippen molar-refractivity contribution in [2.24, 2.45) is 5.92 Å². The van der Waals surface area contributed by atoms with E-state index in [9.17, 15) is 14.0 Å². The molecule has 0 bridgehead atoms. The average Bonchev–Trinajstić information content (AvgIpc) is 3.32. The molecule has 0 saturated carbocycles. The Bertz CT molecular complexity index is 1480. The minimum Gasteiger partial charge on any atom is -0.358 e. The van der Waals surface area contributed by atoms with Crippen LogP contribution in [0.1, 0.15) is 53.5 Å². The molecule has 4 aromatic rings. The van der Waals surface area contributed by atoms with Crippen LogP contribution in [-0.2, 0) is 4.79 Å². The van der Waals surface area contributed by atoms with E-state index >= 15 is 0 Å². The third-order valence-electron chi connectivity index (χ3n) is 6.74. The zero-order valence-electron chi connectivity index (χ0n) is 20.3. The van der Waals surface area contributed by atoms with Crippen molar-refractivity contribution >= 4 is 44.3 Å². The summed E-state index contributed by atoms with van der Waals surface area (Å²) >= 11 is 3.25. The summed E-state index contributed by atoms with van der Waals surface area (Å²) in [6.45, 7) is 6.02. The minimum atomic E-state index is -0.800. The van der Waals surface area contributed by atoms with E-state index in [1.807, 2.05) is 69.3 Å². The van der Waals surface area contributed by atoms with Crippen molar-refractivity contribution in [1.29, 1.82) is 0 Å². The van der Waals surface area contributed by atoms with Crippen molar-refractivity contribution in [2.75, 3.05) is 5.32 Å². The SMILES string of the molecule is Cc1[nH]c2ccccc2c1C1c2ccccc2C(=O)N1C(CC(C)C)C(=O)Nc1ccc(Br)cc1F. The van der Waals surface area contributed by atoms with Crippen LogP contribution in [0.3, 0.4) is 0 Å². The third kappa shape index (κ3) is 4.22. The van der Waals surface area contributed by atoms with Crippen LogP contribution in [0.15, 0.2) is 71.2 Å². The van der Waals surface area contributed by atoms with Crippen LogP contribution < -0.4 is 5.32 Å². The first kappa shape index (κ1) is 24.3. The van der Waals surface area contributed by atoms with Crippen molar-refractivity contribution in [3.05, 3.63) is 99.4 Å². The first-order valence-electron chi connectivity index (χ1n) is 12.0. The predicted octanol–water partition coefficient (Wildman–Crippen LogP) is 6.98. The highest BCUT2D eigenvalue weighted by Crippen LogP contribution is 2.44. The van der Waals surface area contributed by atoms with Gasteiger partial charge < -0.3 is 15.2 Å². The molecule has 5 rings (SSSR count). The lowest BCUT2D eigenvalue weighted by atomic mass is 9.93. The fourth-order valence-electron chi connectivity index (χ4n) is 5.20. The van der Waals surface area contributed by atoms with Gasteiger partial charge in [0.05, 0.1) is 11.7 Å². The Morgan fingerprint density at radius 2 is 1.83 bits per heavy atom. The van der Waals surface area contributed by atoms with E-state index < -0.39 is 23.8 Å². The smallest absolute Gasteiger partial charge is 0.255 e. The van der Waals surface area contributed by atoms with Crippen molar-refractivity contribution in [3.63, 3.8) is 0 Å². The summed E-state index contributed by atoms with van der Waals surface area (Å²) in [6.07, 6.45) is 0.432. The Balaban J connectivity index is 1.64. The van der Waals surface area contributed by atoms with Crippen LogP contribution >= 0.6 is 15.9 Å². The van der Waals surface area contributed by atoms with Crippen LogP contribution in [0.25, 0.3) is 10.9 Å². The number of rotatable bonds is 6. The van der Waals surface area contributed by atoms with Crippen LogP contribution in [0.2, 0.25) is 0 Å². The minimum absolute atomic E-state index is 0.0842. The van der Waals surface area contributed by atoms with Crippen molar-refractivity contribution in [2.45, 2.75) is 39.3 Å². The number of hydrogen-bond donors (Lipinski definition) is 2. The number of benzene rings is 3. The molecule has 0 radical (unpaired) electrons. The summed E-state index contributed by atoms with van der Waals surface area (Å²) in [6, 6.07) is 18.8. The van der Waals surface area contributed by atoms with Gasteiger partial charge in [0.25, 0.3) is 5.91 Å². The molecule has 2 amide bonds. The summed E-state index contributed by atoms with van der Waals surface area (Å²) in [4.78, 5) is 32.8. The van der Waals surface area contributed by atoms with Crippen molar-refractivity contribution in [1.82, 2.24) is 9.88 Å². The number of fused-ring (bicyclic) bond motifs is 2. The van der Waals surface area contributed by atoms with Gasteiger partial charge in [0.2, 0.25) is 5.91 Å². The number of anilines is 1. The summed E-state index contributed by atoms with van der Waals surface area (Å²) in [5.74, 6) is -1.02. The van der Waals surface area contributed by atoms with Gasteiger partial charge in [-0.3, -0.25) is 9.59 Å². The normalized spacial score (nSPS) is 16.0. The Kier molecular flexibility index (Phi) is 6.43. The van der Waals surface area contributed by atoms with Crippen LogP contribution in [0.5, 0.6) is 0 Å². The molecular formula is C29H27BrFN3O2. The lowest BCUT2D eigenvalue weighted by Gasteiger charge is -2.34. The van der Waals surface area contributed by atoms with E-state index in [-0.39, 0.29) is 17.5 Å². The second-order valence-electron chi connectivity index (χ2n) is 9.67. The molecule has 7 heteroatoms. The number of nitrogens with zero attached hydrogens (tertiary/aromatic N) is 1. The number of H-pyrrole nitrogens is 1. The number of carbonyl (C=O) groups is 2. The molecule has 2 atom stereocenters. The maximum atomic E-state index is 14.6. The number of carbonyl (C=O) groups excluding carboxylic acids is 2. The number of aromatic amines is 1. The topological polar surface area (TPSA) is 65.2 Å². The number of para-hydroxylation sites is 1. The fraction of sp³-hybridized carbons (Fsp3) is 0.241. The summed E-state index contributed by atoms with van der Waals surface area (Å²) < 4.78 is 15.2. The number of hydrogen-bond acceptors (Lipinski definition) is 2. The number of aryl methyl sites for hydroxylation is 1. The standard InChI is InChI=1S/C29H27BrFN3O2/c1-16(2)14-25(28(35)33-24-13-12-18(30)15-22(24)31)34-27(19-8-4-5-9-20(19)29(34)36)26-17(3)32-23-11-7-6-10-21(23)26/h4-13,15-16,25,27,32H,14H2,1-3H3,(H,33,35). The predicted molar refractivity (Wildman–Crippen MR) is 143 cm³/mol. The molecule has 2 heterocycles. The molecule has 1 aliphatic heterocycles. The van der Waals surface area contributed by atoms with Gasteiger partial charge in [0.1, 0.15) is 11.9 Å². The Morgan fingerprint density at radius 1 is 1.11 bits per heavy atom. The van der Waals surface area contributed by atoms with E-state index in [2.05, 4.69) is 26.2 Å². The van der Waals surface area contributed by atoms with Gasteiger partial charge in [-0.1, -0.05) is 66.2 Å². The highest BCUT2D eigenvalue weighted by molar-refractivity contribution is 9.10. The summed E-state index contributed by atoms with van der Waals surface area (Å²) in [7, 11) is 0. The van der Waals surface area contributed by atoms with Gasteiger partial charge in [-0.2, -0.15) is 0 Å². The van der Waals surface area contributed by atoms with Gasteiger partial charge in [0.15, 0.2) is 0 Å². The van der Waals surface area contributed by atoms with Gasteiger partial charge in [-0.25, -0.2) is 4.39 Å². The Hall–Kier alpha value is -3.45. The monoisotopic (exact) mass is 547 g/mol. The van der Waals surface area contributed by atoms with Crippen LogP contribution in [-0.4, -0.2) is 27.7 Å². The van der Waals surface area contributed by atoms with E-state index in [0.717, 1.165) is 27.7 Å². The number of aromatic nitrogens is 1. The van der Waals surface area contributed by atoms with Gasteiger partial charge in [-0.05, 0) is 55.2 Å². The molecule has 0 fully saturated rings. The molecule has 2 N–H and O–H groups in total. The second-order valence-corrected chi connectivity index (χ2v) is 10.6. The highest BCUT2D eigenvalue weighted by atomic mass is 79.9. The highest BCUT2D eigenvalue weighted by Gasteiger charge is 2.45. The van der Waals surface area contributed by atoms with E-state index in [4.69, 9.17) is 0 Å². The zero-order valence-corrected chi connectivity index (χ0v) is 21.9. The second kappa shape index (κ2) is 9.54. The van der Waals surface area contributed by atoms with Gasteiger partial charge in [0, 0.05) is 32.2 Å². The van der Waals surface area contributed by atoms with Crippen molar-refractivity contribution in [3.8, 4) is 0 Å².